The molecule has 0 aliphatic heterocycles. The van der Waals surface area contributed by atoms with E-state index in [2.05, 4.69) is 4.74 Å². The molecule has 5 nitrogen and oxygen atoms in total. The van der Waals surface area contributed by atoms with Gasteiger partial charge in [-0.15, -0.1) is 11.8 Å². The van der Waals surface area contributed by atoms with E-state index in [4.69, 9.17) is 0 Å². The maximum Gasteiger partial charge on any atom is 0.306 e. The molecule has 0 fully saturated rings. The Balaban J connectivity index is 2.05. The molecule has 0 heterocycles. The maximum atomic E-state index is 12.3. The lowest BCUT2D eigenvalue weighted by Gasteiger charge is -2.23. The molecule has 1 aliphatic carbocycles. The summed E-state index contributed by atoms with van der Waals surface area (Å²) in [6, 6.07) is 9.35. The van der Waals surface area contributed by atoms with Crippen LogP contribution < -0.4 is 4.90 Å². The van der Waals surface area contributed by atoms with Gasteiger partial charge in [-0.05, 0) is 12.1 Å². The Hall–Kier alpha value is -2.34. The predicted molar refractivity (Wildman–Crippen MR) is 90.1 cm³/mol. The number of carbonyl (C=O) groups excluding carboxylic acids is 3. The van der Waals surface area contributed by atoms with E-state index >= 15 is 0 Å². The van der Waals surface area contributed by atoms with Crippen LogP contribution in [0.25, 0.3) is 0 Å². The maximum absolute atomic E-state index is 12.3. The summed E-state index contributed by atoms with van der Waals surface area (Å²) < 4.78 is 4.54. The van der Waals surface area contributed by atoms with E-state index in [1.165, 1.54) is 31.0 Å². The first-order valence-corrected chi connectivity index (χ1v) is 8.02. The van der Waals surface area contributed by atoms with Crippen LogP contribution in [0.15, 0.2) is 53.1 Å². The van der Waals surface area contributed by atoms with Gasteiger partial charge in [0.05, 0.1) is 24.1 Å². The second-order valence-electron chi connectivity index (χ2n) is 4.84. The third kappa shape index (κ3) is 4.32. The van der Waals surface area contributed by atoms with E-state index in [-0.39, 0.29) is 24.0 Å². The molecule has 0 N–H and O–H groups in total. The number of anilines is 1. The van der Waals surface area contributed by atoms with Crippen LogP contribution in [0, 0.1) is 0 Å². The van der Waals surface area contributed by atoms with Crippen molar-refractivity contribution in [2.45, 2.75) is 6.42 Å². The standard InChI is InChI=1S/C17H17NO4S/c1-18(12-6-4-3-5-7-12)13-10-15(20)16(11-14(13)19)23-9-8-17(21)22-2/h3-7,10-11H,8-9H2,1-2H3. The van der Waals surface area contributed by atoms with Crippen LogP contribution in [0.5, 0.6) is 0 Å². The number of esters is 1. The van der Waals surface area contributed by atoms with Gasteiger partial charge < -0.3 is 9.64 Å². The Kier molecular flexibility index (Phi) is 5.76. The number of ether oxygens (including phenoxy) is 1. The Morgan fingerprint density at radius 3 is 2.48 bits per heavy atom. The fourth-order valence-corrected chi connectivity index (χ4v) is 2.92. The highest BCUT2D eigenvalue weighted by Gasteiger charge is 2.23. The molecule has 0 saturated heterocycles. The van der Waals surface area contributed by atoms with E-state index in [0.717, 1.165) is 5.69 Å². The van der Waals surface area contributed by atoms with Gasteiger partial charge in [0.25, 0.3) is 0 Å². The Morgan fingerprint density at radius 1 is 1.13 bits per heavy atom. The largest absolute Gasteiger partial charge is 0.469 e. The number of hydrogen-bond acceptors (Lipinski definition) is 6. The van der Waals surface area contributed by atoms with Crippen molar-refractivity contribution >= 4 is 35.0 Å². The van der Waals surface area contributed by atoms with Gasteiger partial charge in [-0.1, -0.05) is 18.2 Å². The fourth-order valence-electron chi connectivity index (χ4n) is 2.04. The van der Waals surface area contributed by atoms with Crippen LogP contribution in [-0.4, -0.2) is 37.4 Å². The zero-order chi connectivity index (χ0) is 16.8. The van der Waals surface area contributed by atoms with Gasteiger partial charge in [0.2, 0.25) is 5.78 Å². The second kappa shape index (κ2) is 7.78. The quantitative estimate of drug-likeness (QED) is 0.589. The first-order valence-electron chi connectivity index (χ1n) is 7.03. The number of nitrogens with zero attached hydrogens (tertiary/aromatic N) is 1. The number of hydrogen-bond donors (Lipinski definition) is 0. The average Bonchev–Trinajstić information content (AvgIpc) is 2.57. The van der Waals surface area contributed by atoms with Crippen LogP contribution >= 0.6 is 11.8 Å². The first kappa shape index (κ1) is 17.0. The van der Waals surface area contributed by atoms with Crippen molar-refractivity contribution in [2.75, 3.05) is 24.8 Å². The molecule has 0 radical (unpaired) electrons. The summed E-state index contributed by atoms with van der Waals surface area (Å²) >= 11 is 1.19. The van der Waals surface area contributed by atoms with E-state index in [9.17, 15) is 14.4 Å². The van der Waals surface area contributed by atoms with E-state index in [1.54, 1.807) is 11.9 Å². The van der Waals surface area contributed by atoms with Gasteiger partial charge in [0, 0.05) is 30.6 Å². The molecule has 0 amide bonds. The SMILES string of the molecule is COC(=O)CCSC1=CC(=O)C(N(C)c2ccccc2)=CC1=O. The molecule has 0 atom stereocenters. The smallest absolute Gasteiger partial charge is 0.306 e. The average molecular weight is 331 g/mol. The number of likely N-dealkylation sites (N-methyl/N-ethyl adjacent to an activating group) is 1. The summed E-state index contributed by atoms with van der Waals surface area (Å²) in [5, 5.41) is 0. The third-order valence-corrected chi connectivity index (χ3v) is 4.36. The van der Waals surface area contributed by atoms with Crippen molar-refractivity contribution in [1.29, 1.82) is 0 Å². The van der Waals surface area contributed by atoms with Gasteiger partial charge in [-0.25, -0.2) is 0 Å². The number of benzene rings is 1. The summed E-state index contributed by atoms with van der Waals surface area (Å²) in [6.45, 7) is 0. The van der Waals surface area contributed by atoms with Crippen molar-refractivity contribution in [2.24, 2.45) is 0 Å². The molecule has 0 saturated carbocycles. The van der Waals surface area contributed by atoms with Crippen LogP contribution in [0.4, 0.5) is 5.69 Å². The number of rotatable bonds is 6. The van der Waals surface area contributed by atoms with Crippen molar-refractivity contribution in [3.05, 3.63) is 53.1 Å². The second-order valence-corrected chi connectivity index (χ2v) is 5.97. The highest BCUT2D eigenvalue weighted by molar-refractivity contribution is 8.04. The summed E-state index contributed by atoms with van der Waals surface area (Å²) in [5.74, 6) is -0.392. The van der Waals surface area contributed by atoms with E-state index in [1.807, 2.05) is 30.3 Å². The van der Waals surface area contributed by atoms with Crippen molar-refractivity contribution in [3.63, 3.8) is 0 Å². The Bertz CT molecular complexity index is 679. The molecule has 23 heavy (non-hydrogen) atoms. The number of thioether (sulfide) groups is 1. The normalized spacial score (nSPS) is 14.2. The van der Waals surface area contributed by atoms with Gasteiger partial charge in [-0.2, -0.15) is 0 Å². The van der Waals surface area contributed by atoms with E-state index < -0.39 is 0 Å². The lowest BCUT2D eigenvalue weighted by atomic mass is 10.1. The van der Waals surface area contributed by atoms with Crippen LogP contribution in [0.1, 0.15) is 6.42 Å². The Morgan fingerprint density at radius 2 is 1.83 bits per heavy atom. The monoisotopic (exact) mass is 331 g/mol. The minimum atomic E-state index is -0.340. The molecule has 0 bridgehead atoms. The molecule has 1 aromatic rings. The van der Waals surface area contributed by atoms with Gasteiger partial charge in [0.1, 0.15) is 0 Å². The number of allylic oxidation sites excluding steroid dienone is 3. The molecular formula is C17H17NO4S. The molecule has 1 aliphatic rings. The van der Waals surface area contributed by atoms with E-state index in [0.29, 0.717) is 16.4 Å². The summed E-state index contributed by atoms with van der Waals surface area (Å²) in [6.07, 6.45) is 2.87. The molecule has 0 aromatic heterocycles. The highest BCUT2D eigenvalue weighted by Crippen LogP contribution is 2.26. The molecular weight excluding hydrogens is 314 g/mol. The van der Waals surface area contributed by atoms with Crippen LogP contribution in [0.3, 0.4) is 0 Å². The predicted octanol–water partition coefficient (Wildman–Crippen LogP) is 2.34. The lowest BCUT2D eigenvalue weighted by molar-refractivity contribution is -0.140. The zero-order valence-corrected chi connectivity index (χ0v) is 13.8. The molecule has 2 rings (SSSR count). The highest BCUT2D eigenvalue weighted by atomic mass is 32.2. The minimum Gasteiger partial charge on any atom is -0.469 e. The molecule has 0 unspecified atom stereocenters. The Labute approximate surface area is 139 Å². The number of para-hydroxylation sites is 1. The van der Waals surface area contributed by atoms with Crippen molar-refractivity contribution < 1.29 is 19.1 Å². The molecule has 120 valence electrons. The topological polar surface area (TPSA) is 63.7 Å². The van der Waals surface area contributed by atoms with Gasteiger partial charge in [-0.3, -0.25) is 14.4 Å². The molecule has 1 aromatic carbocycles. The summed E-state index contributed by atoms with van der Waals surface area (Å²) in [7, 11) is 3.06. The number of ketones is 2. The van der Waals surface area contributed by atoms with Crippen LogP contribution in [0.2, 0.25) is 0 Å². The number of carbonyl (C=O) groups is 3. The van der Waals surface area contributed by atoms with Gasteiger partial charge >= 0.3 is 5.97 Å². The number of methoxy groups -OCH3 is 1. The lowest BCUT2D eigenvalue weighted by Crippen LogP contribution is -2.26. The molecule has 0 spiro atoms. The molecule has 6 heteroatoms. The minimum absolute atomic E-state index is 0.195. The first-order chi connectivity index (χ1) is 11.0. The van der Waals surface area contributed by atoms with Crippen LogP contribution in [-0.2, 0) is 19.1 Å². The van der Waals surface area contributed by atoms with Crippen molar-refractivity contribution in [3.8, 4) is 0 Å². The summed E-state index contributed by atoms with van der Waals surface area (Å²) in [5.41, 5.74) is 1.16. The van der Waals surface area contributed by atoms with Gasteiger partial charge in [0.15, 0.2) is 5.78 Å². The fraction of sp³-hybridized carbons (Fsp3) is 0.235. The van der Waals surface area contributed by atoms with Crippen molar-refractivity contribution in [1.82, 2.24) is 0 Å². The summed E-state index contributed by atoms with van der Waals surface area (Å²) in [4.78, 5) is 37.6. The zero-order valence-electron chi connectivity index (χ0n) is 12.9. The third-order valence-electron chi connectivity index (χ3n) is 3.32.